The van der Waals surface area contributed by atoms with E-state index in [4.69, 9.17) is 5.73 Å². The molecule has 86 valence electrons. The Morgan fingerprint density at radius 1 is 1.62 bits per heavy atom. The molecule has 0 saturated heterocycles. The van der Waals surface area contributed by atoms with Crippen LogP contribution in [0.15, 0.2) is 22.9 Å². The lowest BCUT2D eigenvalue weighted by Crippen LogP contribution is -2.43. The lowest BCUT2D eigenvalue weighted by atomic mass is 10.1. The van der Waals surface area contributed by atoms with Crippen LogP contribution in [0.3, 0.4) is 0 Å². The summed E-state index contributed by atoms with van der Waals surface area (Å²) >= 11 is 3.27. The number of nitrogens with one attached hydrogen (secondary N) is 1. The van der Waals surface area contributed by atoms with Gasteiger partial charge in [0.2, 0.25) is 5.91 Å². The highest BCUT2D eigenvalue weighted by molar-refractivity contribution is 9.10. The van der Waals surface area contributed by atoms with Crippen LogP contribution in [0.25, 0.3) is 0 Å². The largest absolute Gasteiger partial charge is 0.348 e. The van der Waals surface area contributed by atoms with Crippen LogP contribution in [0.5, 0.6) is 0 Å². The Morgan fingerprint density at radius 2 is 2.31 bits per heavy atom. The molecule has 1 amide bonds. The van der Waals surface area contributed by atoms with E-state index in [1.807, 2.05) is 19.1 Å². The lowest BCUT2D eigenvalue weighted by Gasteiger charge is -2.16. The molecule has 0 unspecified atom stereocenters. The fraction of sp³-hybridized carbons (Fsp3) is 0.455. The summed E-state index contributed by atoms with van der Waals surface area (Å²) in [5.41, 5.74) is 6.16. The average molecular weight is 284 g/mol. The number of amides is 1. The van der Waals surface area contributed by atoms with Gasteiger partial charge in [0.05, 0.1) is 11.6 Å². The van der Waals surface area contributed by atoms with Gasteiger partial charge >= 0.3 is 0 Å². The van der Waals surface area contributed by atoms with Crippen LogP contribution in [0.1, 0.15) is 31.4 Å². The number of aromatic nitrogens is 1. The number of hydrogen-bond donors (Lipinski definition) is 2. The maximum Gasteiger partial charge on any atom is 0.240 e. The molecular formula is C11H14BrN3O. The van der Waals surface area contributed by atoms with Crippen LogP contribution in [0, 0.1) is 0 Å². The first-order valence-electron chi connectivity index (χ1n) is 5.22. The van der Waals surface area contributed by atoms with Crippen molar-refractivity contribution < 1.29 is 4.79 Å². The third-order valence-corrected chi connectivity index (χ3v) is 3.31. The summed E-state index contributed by atoms with van der Waals surface area (Å²) in [4.78, 5) is 15.8. The number of nitrogens with two attached hydrogens (primary N) is 1. The molecule has 2 rings (SSSR count). The SMILES string of the molecule is C[C@@H](NC(=O)C1(N)CC1)c1ccc(Br)nc1. The summed E-state index contributed by atoms with van der Waals surface area (Å²) < 4.78 is 0.785. The second-order valence-corrected chi connectivity index (χ2v) is 5.08. The van der Waals surface area contributed by atoms with E-state index >= 15 is 0 Å². The molecule has 1 fully saturated rings. The summed E-state index contributed by atoms with van der Waals surface area (Å²) in [5.74, 6) is -0.0667. The van der Waals surface area contributed by atoms with Gasteiger partial charge in [-0.1, -0.05) is 6.07 Å². The molecule has 16 heavy (non-hydrogen) atoms. The Morgan fingerprint density at radius 3 is 2.81 bits per heavy atom. The van der Waals surface area contributed by atoms with Gasteiger partial charge in [-0.15, -0.1) is 0 Å². The summed E-state index contributed by atoms with van der Waals surface area (Å²) in [7, 11) is 0. The third kappa shape index (κ3) is 2.41. The molecule has 0 aromatic carbocycles. The second-order valence-electron chi connectivity index (χ2n) is 4.27. The Labute approximate surface area is 103 Å². The van der Waals surface area contributed by atoms with E-state index in [0.717, 1.165) is 23.0 Å². The summed E-state index contributed by atoms with van der Waals surface area (Å²) in [6.07, 6.45) is 3.30. The predicted molar refractivity (Wildman–Crippen MR) is 64.6 cm³/mol. The second kappa shape index (κ2) is 4.14. The van der Waals surface area contributed by atoms with Crippen molar-refractivity contribution in [2.24, 2.45) is 5.73 Å². The molecule has 1 aliphatic rings. The van der Waals surface area contributed by atoms with Crippen LogP contribution in [-0.4, -0.2) is 16.4 Å². The number of pyridine rings is 1. The van der Waals surface area contributed by atoms with Gasteiger partial charge in [-0.3, -0.25) is 4.79 Å². The van der Waals surface area contributed by atoms with Gasteiger partial charge < -0.3 is 11.1 Å². The Bertz CT molecular complexity index is 400. The van der Waals surface area contributed by atoms with Crippen molar-refractivity contribution in [2.75, 3.05) is 0 Å². The highest BCUT2D eigenvalue weighted by Crippen LogP contribution is 2.32. The van der Waals surface area contributed by atoms with Crippen molar-refractivity contribution in [2.45, 2.75) is 31.3 Å². The first-order valence-corrected chi connectivity index (χ1v) is 6.02. The molecule has 0 spiro atoms. The van der Waals surface area contributed by atoms with E-state index in [-0.39, 0.29) is 11.9 Å². The van der Waals surface area contributed by atoms with Gasteiger partial charge in [-0.25, -0.2) is 4.98 Å². The number of carbonyl (C=O) groups is 1. The highest BCUT2D eigenvalue weighted by atomic mass is 79.9. The smallest absolute Gasteiger partial charge is 0.240 e. The summed E-state index contributed by atoms with van der Waals surface area (Å²) in [6, 6.07) is 3.72. The Kier molecular flexibility index (Phi) is 2.99. The zero-order chi connectivity index (χ0) is 11.8. The Balaban J connectivity index is 2.00. The van der Waals surface area contributed by atoms with E-state index in [1.54, 1.807) is 6.20 Å². The van der Waals surface area contributed by atoms with Crippen LogP contribution >= 0.6 is 15.9 Å². The predicted octanol–water partition coefficient (Wildman–Crippen LogP) is 1.51. The molecule has 4 nitrogen and oxygen atoms in total. The molecule has 0 aliphatic heterocycles. The minimum absolute atomic E-state index is 0.0610. The molecule has 1 aromatic rings. The maximum absolute atomic E-state index is 11.7. The average Bonchev–Trinajstić information content (AvgIpc) is 2.99. The normalized spacial score (nSPS) is 18.9. The van der Waals surface area contributed by atoms with Crippen molar-refractivity contribution in [3.05, 3.63) is 28.5 Å². The monoisotopic (exact) mass is 283 g/mol. The molecule has 1 atom stereocenters. The van der Waals surface area contributed by atoms with E-state index in [9.17, 15) is 4.79 Å². The van der Waals surface area contributed by atoms with Gasteiger partial charge in [0.15, 0.2) is 0 Å². The van der Waals surface area contributed by atoms with Crippen molar-refractivity contribution in [1.29, 1.82) is 0 Å². The van der Waals surface area contributed by atoms with Gasteiger partial charge in [-0.2, -0.15) is 0 Å². The molecule has 5 heteroatoms. The van der Waals surface area contributed by atoms with E-state index in [2.05, 4.69) is 26.2 Å². The fourth-order valence-corrected chi connectivity index (χ4v) is 1.66. The topological polar surface area (TPSA) is 68.0 Å². The van der Waals surface area contributed by atoms with E-state index in [1.165, 1.54) is 0 Å². The quantitative estimate of drug-likeness (QED) is 0.827. The summed E-state index contributed by atoms with van der Waals surface area (Å²) in [5, 5.41) is 2.90. The lowest BCUT2D eigenvalue weighted by molar-refractivity contribution is -0.123. The number of halogens is 1. The minimum Gasteiger partial charge on any atom is -0.348 e. The number of carbonyl (C=O) groups excluding carboxylic acids is 1. The van der Waals surface area contributed by atoms with Crippen LogP contribution in [0.4, 0.5) is 0 Å². The number of nitrogens with zero attached hydrogens (tertiary/aromatic N) is 1. The number of hydrogen-bond acceptors (Lipinski definition) is 3. The minimum atomic E-state index is -0.614. The van der Waals surface area contributed by atoms with E-state index in [0.29, 0.717) is 0 Å². The maximum atomic E-state index is 11.7. The van der Waals surface area contributed by atoms with Crippen molar-refractivity contribution in [1.82, 2.24) is 10.3 Å². The Hall–Kier alpha value is -0.940. The van der Waals surface area contributed by atoms with Crippen molar-refractivity contribution >= 4 is 21.8 Å². The summed E-state index contributed by atoms with van der Waals surface area (Å²) in [6.45, 7) is 1.93. The number of rotatable bonds is 3. The van der Waals surface area contributed by atoms with Gasteiger partial charge in [0.25, 0.3) is 0 Å². The fourth-order valence-electron chi connectivity index (χ4n) is 1.43. The molecule has 1 heterocycles. The molecular weight excluding hydrogens is 270 g/mol. The van der Waals surface area contributed by atoms with Gasteiger partial charge in [-0.05, 0) is 47.3 Å². The van der Waals surface area contributed by atoms with Crippen LogP contribution in [0.2, 0.25) is 0 Å². The van der Waals surface area contributed by atoms with Crippen LogP contribution < -0.4 is 11.1 Å². The molecule has 1 aromatic heterocycles. The third-order valence-electron chi connectivity index (χ3n) is 2.84. The van der Waals surface area contributed by atoms with Crippen LogP contribution in [-0.2, 0) is 4.79 Å². The van der Waals surface area contributed by atoms with E-state index < -0.39 is 5.54 Å². The zero-order valence-electron chi connectivity index (χ0n) is 9.03. The van der Waals surface area contributed by atoms with Gasteiger partial charge in [0.1, 0.15) is 4.60 Å². The molecule has 3 N–H and O–H groups in total. The molecule has 0 radical (unpaired) electrons. The highest BCUT2D eigenvalue weighted by Gasteiger charge is 2.46. The standard InChI is InChI=1S/C11H14BrN3O/c1-7(8-2-3-9(12)14-6-8)15-10(16)11(13)4-5-11/h2-3,6-7H,4-5,13H2,1H3,(H,15,16)/t7-/m1/s1. The van der Waals surface area contributed by atoms with Gasteiger partial charge in [0, 0.05) is 6.20 Å². The first kappa shape index (κ1) is 11.5. The van der Waals surface area contributed by atoms with Crippen molar-refractivity contribution in [3.8, 4) is 0 Å². The molecule has 0 bridgehead atoms. The molecule has 1 aliphatic carbocycles. The zero-order valence-corrected chi connectivity index (χ0v) is 10.6. The van der Waals surface area contributed by atoms with Crippen molar-refractivity contribution in [3.63, 3.8) is 0 Å². The first-order chi connectivity index (χ1) is 7.51. The molecule has 1 saturated carbocycles.